The Kier molecular flexibility index (Phi) is 7.25. The van der Waals surface area contributed by atoms with Crippen LogP contribution >= 0.6 is 0 Å². The Morgan fingerprint density at radius 1 is 1.11 bits per heavy atom. The van der Waals surface area contributed by atoms with Gasteiger partial charge in [-0.15, -0.1) is 0 Å². The van der Waals surface area contributed by atoms with Gasteiger partial charge >= 0.3 is 0 Å². The minimum absolute atomic E-state index is 0.256. The molecule has 0 aromatic heterocycles. The van der Waals surface area contributed by atoms with Crippen LogP contribution in [0.25, 0.3) is 0 Å². The van der Waals surface area contributed by atoms with Gasteiger partial charge in [-0.05, 0) is 45.2 Å². The first-order valence-electron chi connectivity index (χ1n) is 8.11. The van der Waals surface area contributed by atoms with Crippen molar-refractivity contribution in [2.45, 2.75) is 77.7 Å². The van der Waals surface area contributed by atoms with E-state index in [1.54, 1.807) is 0 Å². The SMILES string of the molecule is CCCCCC(C)(CN)N1CCC(CCC)CC1. The quantitative estimate of drug-likeness (QED) is 0.668. The molecule has 0 bridgehead atoms. The normalized spacial score (nSPS) is 22.0. The second-order valence-corrected chi connectivity index (χ2v) is 6.38. The van der Waals surface area contributed by atoms with E-state index in [4.69, 9.17) is 5.73 Å². The smallest absolute Gasteiger partial charge is 0.0303 e. The first-order valence-corrected chi connectivity index (χ1v) is 8.11. The van der Waals surface area contributed by atoms with Gasteiger partial charge in [0.05, 0.1) is 0 Å². The Bertz CT molecular complexity index is 209. The summed E-state index contributed by atoms with van der Waals surface area (Å²) in [6.45, 7) is 10.3. The van der Waals surface area contributed by atoms with Crippen LogP contribution in [-0.4, -0.2) is 30.1 Å². The lowest BCUT2D eigenvalue weighted by atomic mass is 9.86. The average Bonchev–Trinajstić information content (AvgIpc) is 2.40. The zero-order valence-electron chi connectivity index (χ0n) is 12.9. The number of nitrogens with zero attached hydrogens (tertiary/aromatic N) is 1. The lowest BCUT2D eigenvalue weighted by Crippen LogP contribution is -2.54. The summed E-state index contributed by atoms with van der Waals surface area (Å²) in [4.78, 5) is 2.68. The van der Waals surface area contributed by atoms with E-state index in [1.165, 1.54) is 64.5 Å². The molecule has 1 rings (SSSR count). The summed E-state index contributed by atoms with van der Waals surface area (Å²) in [5.74, 6) is 0.976. The predicted octanol–water partition coefficient (Wildman–Crippen LogP) is 3.80. The zero-order chi connectivity index (χ0) is 13.4. The molecular formula is C16H34N2. The highest BCUT2D eigenvalue weighted by Crippen LogP contribution is 2.29. The summed E-state index contributed by atoms with van der Waals surface area (Å²) in [7, 11) is 0. The Morgan fingerprint density at radius 2 is 1.78 bits per heavy atom. The van der Waals surface area contributed by atoms with Crippen molar-refractivity contribution >= 4 is 0 Å². The van der Waals surface area contributed by atoms with Crippen LogP contribution in [0.2, 0.25) is 0 Å². The lowest BCUT2D eigenvalue weighted by molar-refractivity contribution is 0.0574. The molecule has 18 heavy (non-hydrogen) atoms. The van der Waals surface area contributed by atoms with E-state index in [0.717, 1.165) is 12.5 Å². The van der Waals surface area contributed by atoms with Gasteiger partial charge in [0.15, 0.2) is 0 Å². The van der Waals surface area contributed by atoms with Crippen molar-refractivity contribution in [1.29, 1.82) is 0 Å². The van der Waals surface area contributed by atoms with E-state index < -0.39 is 0 Å². The van der Waals surface area contributed by atoms with Gasteiger partial charge < -0.3 is 5.73 Å². The van der Waals surface area contributed by atoms with Crippen LogP contribution in [0, 0.1) is 5.92 Å². The van der Waals surface area contributed by atoms with Crippen molar-refractivity contribution in [3.63, 3.8) is 0 Å². The third-order valence-corrected chi connectivity index (χ3v) is 4.83. The molecule has 0 aromatic rings. The van der Waals surface area contributed by atoms with Gasteiger partial charge in [0, 0.05) is 12.1 Å². The minimum Gasteiger partial charge on any atom is -0.329 e. The van der Waals surface area contributed by atoms with E-state index in [2.05, 4.69) is 25.7 Å². The fourth-order valence-electron chi connectivity index (χ4n) is 3.31. The van der Waals surface area contributed by atoms with E-state index in [0.29, 0.717) is 0 Å². The Morgan fingerprint density at radius 3 is 2.28 bits per heavy atom. The lowest BCUT2D eigenvalue weighted by Gasteiger charge is -2.45. The van der Waals surface area contributed by atoms with Crippen molar-refractivity contribution in [2.75, 3.05) is 19.6 Å². The third kappa shape index (κ3) is 4.55. The number of rotatable bonds is 8. The summed E-state index contributed by atoms with van der Waals surface area (Å²) in [5, 5.41) is 0. The van der Waals surface area contributed by atoms with Crippen molar-refractivity contribution in [3.05, 3.63) is 0 Å². The summed E-state index contributed by atoms with van der Waals surface area (Å²) in [5.41, 5.74) is 6.33. The number of piperidine rings is 1. The van der Waals surface area contributed by atoms with E-state index in [1.807, 2.05) is 0 Å². The Labute approximate surface area is 114 Å². The van der Waals surface area contributed by atoms with Gasteiger partial charge in [0.25, 0.3) is 0 Å². The van der Waals surface area contributed by atoms with Crippen LogP contribution in [0.4, 0.5) is 0 Å². The topological polar surface area (TPSA) is 29.3 Å². The highest BCUT2D eigenvalue weighted by Gasteiger charge is 2.32. The molecule has 2 heteroatoms. The molecule has 108 valence electrons. The third-order valence-electron chi connectivity index (χ3n) is 4.83. The standard InChI is InChI=1S/C16H34N2/c1-4-6-7-11-16(3,14-17)18-12-9-15(8-5-2)10-13-18/h15H,4-14,17H2,1-3H3. The van der Waals surface area contributed by atoms with Gasteiger partial charge in [-0.25, -0.2) is 0 Å². The second-order valence-electron chi connectivity index (χ2n) is 6.38. The minimum atomic E-state index is 0.256. The molecule has 1 aliphatic rings. The molecule has 0 aliphatic carbocycles. The zero-order valence-corrected chi connectivity index (χ0v) is 12.9. The number of likely N-dealkylation sites (tertiary alicyclic amines) is 1. The highest BCUT2D eigenvalue weighted by atomic mass is 15.2. The van der Waals surface area contributed by atoms with Gasteiger partial charge in [-0.2, -0.15) is 0 Å². The maximum atomic E-state index is 6.07. The molecule has 0 spiro atoms. The van der Waals surface area contributed by atoms with Crippen LogP contribution in [-0.2, 0) is 0 Å². The van der Waals surface area contributed by atoms with E-state index in [9.17, 15) is 0 Å². The molecule has 1 saturated heterocycles. The molecule has 1 heterocycles. The fourth-order valence-corrected chi connectivity index (χ4v) is 3.31. The van der Waals surface area contributed by atoms with Gasteiger partial charge in [-0.3, -0.25) is 4.90 Å². The maximum Gasteiger partial charge on any atom is 0.0303 e. The summed E-state index contributed by atoms with van der Waals surface area (Å²) in [6, 6.07) is 0. The van der Waals surface area contributed by atoms with Crippen LogP contribution < -0.4 is 5.73 Å². The molecule has 0 aromatic carbocycles. The molecule has 0 radical (unpaired) electrons. The van der Waals surface area contributed by atoms with Gasteiger partial charge in [0.1, 0.15) is 0 Å². The van der Waals surface area contributed by atoms with Crippen LogP contribution in [0.3, 0.4) is 0 Å². The van der Waals surface area contributed by atoms with Crippen LogP contribution in [0.15, 0.2) is 0 Å². The molecule has 2 nitrogen and oxygen atoms in total. The van der Waals surface area contributed by atoms with Crippen LogP contribution in [0.1, 0.15) is 72.1 Å². The summed E-state index contributed by atoms with van der Waals surface area (Å²) in [6.07, 6.45) is 10.8. The average molecular weight is 254 g/mol. The molecule has 0 saturated carbocycles. The highest BCUT2D eigenvalue weighted by molar-refractivity contribution is 4.90. The molecule has 1 fully saturated rings. The Hall–Kier alpha value is -0.0800. The second kappa shape index (κ2) is 8.16. The van der Waals surface area contributed by atoms with E-state index >= 15 is 0 Å². The van der Waals surface area contributed by atoms with Crippen molar-refractivity contribution in [1.82, 2.24) is 4.90 Å². The molecular weight excluding hydrogens is 220 g/mol. The first-order chi connectivity index (χ1) is 8.66. The molecule has 0 amide bonds. The molecule has 1 atom stereocenters. The number of unbranched alkanes of at least 4 members (excludes halogenated alkanes) is 2. The molecule has 1 unspecified atom stereocenters. The number of hydrogen-bond donors (Lipinski definition) is 1. The van der Waals surface area contributed by atoms with Crippen molar-refractivity contribution in [3.8, 4) is 0 Å². The number of hydrogen-bond acceptors (Lipinski definition) is 2. The predicted molar refractivity (Wildman–Crippen MR) is 80.8 cm³/mol. The summed E-state index contributed by atoms with van der Waals surface area (Å²) < 4.78 is 0. The molecule has 1 aliphatic heterocycles. The number of nitrogens with two attached hydrogens (primary N) is 1. The van der Waals surface area contributed by atoms with E-state index in [-0.39, 0.29) is 5.54 Å². The maximum absolute atomic E-state index is 6.07. The first kappa shape index (κ1) is 16.0. The molecule has 2 N–H and O–H groups in total. The van der Waals surface area contributed by atoms with Crippen molar-refractivity contribution < 1.29 is 0 Å². The fraction of sp³-hybridized carbons (Fsp3) is 1.00. The van der Waals surface area contributed by atoms with Crippen LogP contribution in [0.5, 0.6) is 0 Å². The Balaban J connectivity index is 2.41. The summed E-state index contributed by atoms with van der Waals surface area (Å²) >= 11 is 0. The monoisotopic (exact) mass is 254 g/mol. The largest absolute Gasteiger partial charge is 0.329 e. The van der Waals surface area contributed by atoms with Gasteiger partial charge in [0.2, 0.25) is 0 Å². The van der Waals surface area contributed by atoms with Crippen molar-refractivity contribution in [2.24, 2.45) is 11.7 Å². The van der Waals surface area contributed by atoms with Gasteiger partial charge in [-0.1, -0.05) is 46.0 Å².